The summed E-state index contributed by atoms with van der Waals surface area (Å²) in [6.07, 6.45) is 3.97. The molecule has 8 heteroatoms. The summed E-state index contributed by atoms with van der Waals surface area (Å²) in [6.45, 7) is 1.67. The van der Waals surface area contributed by atoms with Crippen LogP contribution in [-0.2, 0) is 11.3 Å². The molecule has 2 aliphatic rings. The smallest absolute Gasteiger partial charge is 0.255 e. The molecule has 1 saturated heterocycles. The monoisotopic (exact) mass is 310 g/mol. The van der Waals surface area contributed by atoms with Gasteiger partial charge in [0, 0.05) is 19.3 Å². The third-order valence-corrected chi connectivity index (χ3v) is 4.34. The highest BCUT2D eigenvalue weighted by Gasteiger charge is 2.38. The summed E-state index contributed by atoms with van der Waals surface area (Å²) in [6, 6.07) is 5.13. The molecule has 0 bridgehead atoms. The third kappa shape index (κ3) is 2.35. The Morgan fingerprint density at radius 2 is 2.30 bits per heavy atom. The van der Waals surface area contributed by atoms with Crippen LogP contribution in [0.5, 0.6) is 0 Å². The molecule has 0 aliphatic carbocycles. The zero-order valence-electron chi connectivity index (χ0n) is 12.3. The first-order valence-electron chi connectivity index (χ1n) is 7.42. The Labute approximate surface area is 132 Å². The lowest BCUT2D eigenvalue weighted by molar-refractivity contribution is -0.0605. The molecule has 8 nitrogen and oxygen atoms in total. The van der Waals surface area contributed by atoms with Gasteiger partial charge < -0.3 is 9.64 Å². The fraction of sp³-hybridized carbons (Fsp3) is 0.400. The van der Waals surface area contributed by atoms with Gasteiger partial charge in [-0.1, -0.05) is 5.21 Å². The molecular weight excluding hydrogens is 296 g/mol. The Balaban J connectivity index is 1.55. The fourth-order valence-electron chi connectivity index (χ4n) is 3.13. The third-order valence-electron chi connectivity index (χ3n) is 4.34. The van der Waals surface area contributed by atoms with Gasteiger partial charge in [0.15, 0.2) is 0 Å². The van der Waals surface area contributed by atoms with Crippen molar-refractivity contribution >= 4 is 5.91 Å². The Kier molecular flexibility index (Phi) is 3.28. The highest BCUT2D eigenvalue weighted by Crippen LogP contribution is 2.30. The number of pyridine rings is 1. The number of ether oxygens (including phenoxy) is 1. The van der Waals surface area contributed by atoms with Crippen molar-refractivity contribution in [3.63, 3.8) is 0 Å². The van der Waals surface area contributed by atoms with Gasteiger partial charge in [-0.05, 0) is 18.6 Å². The quantitative estimate of drug-likeness (QED) is 0.762. The van der Waals surface area contributed by atoms with Crippen LogP contribution < -0.4 is 0 Å². The lowest BCUT2D eigenvalue weighted by Gasteiger charge is -2.40. The van der Waals surface area contributed by atoms with Crippen molar-refractivity contribution in [2.75, 3.05) is 13.1 Å². The maximum absolute atomic E-state index is 12.6. The van der Waals surface area contributed by atoms with Gasteiger partial charge in [0.05, 0.1) is 36.2 Å². The Bertz CT molecular complexity index is 778. The number of hydrogen-bond acceptors (Lipinski definition) is 6. The minimum absolute atomic E-state index is 0.00899. The average molecular weight is 310 g/mol. The first kappa shape index (κ1) is 13.8. The van der Waals surface area contributed by atoms with Crippen LogP contribution in [-0.4, -0.2) is 50.0 Å². The number of nitriles is 1. The van der Waals surface area contributed by atoms with Crippen LogP contribution in [0.4, 0.5) is 0 Å². The first-order chi connectivity index (χ1) is 11.3. The van der Waals surface area contributed by atoms with Crippen LogP contribution >= 0.6 is 0 Å². The van der Waals surface area contributed by atoms with Crippen LogP contribution in [0.3, 0.4) is 0 Å². The second kappa shape index (κ2) is 5.44. The zero-order chi connectivity index (χ0) is 15.8. The number of fused-ring (bicyclic) bond motifs is 3. The summed E-state index contributed by atoms with van der Waals surface area (Å²) in [5, 5.41) is 16.8. The van der Waals surface area contributed by atoms with E-state index in [4.69, 9.17) is 10.00 Å². The van der Waals surface area contributed by atoms with Gasteiger partial charge >= 0.3 is 0 Å². The highest BCUT2D eigenvalue weighted by atomic mass is 16.5. The van der Waals surface area contributed by atoms with Gasteiger partial charge in [-0.15, -0.1) is 5.10 Å². The van der Waals surface area contributed by atoms with E-state index < -0.39 is 0 Å². The van der Waals surface area contributed by atoms with Crippen molar-refractivity contribution in [2.24, 2.45) is 0 Å². The van der Waals surface area contributed by atoms with Crippen LogP contribution in [0.2, 0.25) is 0 Å². The molecule has 0 radical (unpaired) electrons. The second-order valence-corrected chi connectivity index (χ2v) is 5.67. The van der Waals surface area contributed by atoms with Gasteiger partial charge in [-0.25, -0.2) is 9.67 Å². The molecule has 2 atom stereocenters. The largest absolute Gasteiger partial charge is 0.370 e. The van der Waals surface area contributed by atoms with E-state index >= 15 is 0 Å². The van der Waals surface area contributed by atoms with E-state index in [1.165, 1.54) is 6.20 Å². The molecule has 23 heavy (non-hydrogen) atoms. The van der Waals surface area contributed by atoms with Crippen molar-refractivity contribution in [1.82, 2.24) is 24.9 Å². The minimum Gasteiger partial charge on any atom is -0.370 e. The van der Waals surface area contributed by atoms with Crippen molar-refractivity contribution in [2.45, 2.75) is 25.2 Å². The van der Waals surface area contributed by atoms with E-state index in [9.17, 15) is 4.79 Å². The van der Waals surface area contributed by atoms with Gasteiger partial charge in [-0.2, -0.15) is 5.26 Å². The van der Waals surface area contributed by atoms with Gasteiger partial charge in [0.25, 0.3) is 5.91 Å². The maximum atomic E-state index is 12.6. The highest BCUT2D eigenvalue weighted by molar-refractivity contribution is 5.94. The van der Waals surface area contributed by atoms with Crippen LogP contribution in [0.15, 0.2) is 24.5 Å². The van der Waals surface area contributed by atoms with E-state index in [2.05, 4.69) is 15.3 Å². The standard InChI is InChI=1S/C15H14N6O2/c16-5-11-2-1-10(6-17-11)15(22)20-4-3-14-13(8-20)21-12(9-23-14)7-18-19-21/h1-2,6-7,13-14H,3-4,8-9H2. The Morgan fingerprint density at radius 3 is 3.09 bits per heavy atom. The molecule has 4 rings (SSSR count). The van der Waals surface area contributed by atoms with Crippen molar-refractivity contribution in [1.29, 1.82) is 5.26 Å². The molecule has 0 saturated carbocycles. The summed E-state index contributed by atoms with van der Waals surface area (Å²) < 4.78 is 7.71. The van der Waals surface area contributed by atoms with Crippen molar-refractivity contribution < 1.29 is 9.53 Å². The lowest BCUT2D eigenvalue weighted by Crippen LogP contribution is -2.49. The van der Waals surface area contributed by atoms with Crippen LogP contribution in [0.1, 0.15) is 34.2 Å². The zero-order valence-corrected chi connectivity index (χ0v) is 12.3. The molecule has 2 aliphatic heterocycles. The Morgan fingerprint density at radius 1 is 1.39 bits per heavy atom. The molecule has 2 unspecified atom stereocenters. The number of carbonyl (C=O) groups is 1. The van der Waals surface area contributed by atoms with Gasteiger partial charge in [0.2, 0.25) is 0 Å². The first-order valence-corrected chi connectivity index (χ1v) is 7.42. The molecule has 4 heterocycles. The molecule has 2 aromatic heterocycles. The predicted octanol–water partition coefficient (Wildman–Crippen LogP) is 0.531. The van der Waals surface area contributed by atoms with E-state index in [0.29, 0.717) is 31.0 Å². The average Bonchev–Trinajstić information content (AvgIpc) is 3.10. The van der Waals surface area contributed by atoms with Gasteiger partial charge in [-0.3, -0.25) is 4.79 Å². The van der Waals surface area contributed by atoms with E-state index in [1.807, 2.05) is 10.8 Å². The maximum Gasteiger partial charge on any atom is 0.255 e. The number of piperidine rings is 1. The summed E-state index contributed by atoms with van der Waals surface area (Å²) in [7, 11) is 0. The molecule has 0 aromatic carbocycles. The number of amides is 1. The summed E-state index contributed by atoms with van der Waals surface area (Å²) in [5.41, 5.74) is 1.71. The van der Waals surface area contributed by atoms with Gasteiger partial charge in [0.1, 0.15) is 11.8 Å². The predicted molar refractivity (Wildman–Crippen MR) is 77.1 cm³/mol. The number of aromatic nitrogens is 4. The van der Waals surface area contributed by atoms with Crippen molar-refractivity contribution in [3.8, 4) is 6.07 Å². The number of hydrogen-bond donors (Lipinski definition) is 0. The molecule has 0 spiro atoms. The molecule has 1 amide bonds. The van der Waals surface area contributed by atoms with E-state index in [1.54, 1.807) is 23.2 Å². The summed E-state index contributed by atoms with van der Waals surface area (Å²) >= 11 is 0. The SMILES string of the molecule is N#Cc1ccc(C(=O)N2CCC3OCc4cnnn4C3C2)cn1. The molecule has 0 N–H and O–H groups in total. The fourth-order valence-corrected chi connectivity index (χ4v) is 3.13. The topological polar surface area (TPSA) is 96.9 Å². The minimum atomic E-state index is -0.0901. The number of carbonyl (C=O) groups excluding carboxylic acids is 1. The lowest BCUT2D eigenvalue weighted by atomic mass is 9.99. The molecular formula is C15H14N6O2. The number of likely N-dealkylation sites (tertiary alicyclic amines) is 1. The summed E-state index contributed by atoms with van der Waals surface area (Å²) in [5.74, 6) is -0.0901. The van der Waals surface area contributed by atoms with Crippen molar-refractivity contribution in [3.05, 3.63) is 41.5 Å². The van der Waals surface area contributed by atoms with E-state index in [0.717, 1.165) is 12.1 Å². The second-order valence-electron chi connectivity index (χ2n) is 5.67. The Hall–Kier alpha value is -2.79. The summed E-state index contributed by atoms with van der Waals surface area (Å²) in [4.78, 5) is 18.4. The normalized spacial score (nSPS) is 22.8. The van der Waals surface area contributed by atoms with E-state index in [-0.39, 0.29) is 18.1 Å². The molecule has 1 fully saturated rings. The molecule has 116 valence electrons. The number of nitrogens with zero attached hydrogens (tertiary/aromatic N) is 6. The van der Waals surface area contributed by atoms with Crippen LogP contribution in [0, 0.1) is 11.3 Å². The number of rotatable bonds is 1. The van der Waals surface area contributed by atoms with Crippen LogP contribution in [0.25, 0.3) is 0 Å². The molecule has 2 aromatic rings.